The smallest absolute Gasteiger partial charge is 0.263 e. The van der Waals surface area contributed by atoms with Crippen LogP contribution in [0.15, 0.2) is 11.8 Å². The molecule has 6 heteroatoms. The molecule has 1 unspecified atom stereocenters. The third-order valence-electron chi connectivity index (χ3n) is 7.66. The minimum Gasteiger partial charge on any atom is -0.387 e. The van der Waals surface area contributed by atoms with Crippen LogP contribution in [0.3, 0.4) is 0 Å². The summed E-state index contributed by atoms with van der Waals surface area (Å²) in [6.45, 7) is 6.91. The monoisotopic (exact) mass is 386 g/mol. The molecule has 5 rings (SSSR count). The zero-order valence-corrected chi connectivity index (χ0v) is 17.1. The van der Waals surface area contributed by atoms with Gasteiger partial charge in [0.15, 0.2) is 0 Å². The fourth-order valence-corrected chi connectivity index (χ4v) is 6.49. The lowest BCUT2D eigenvalue weighted by atomic mass is 9.48. The van der Waals surface area contributed by atoms with E-state index >= 15 is 0 Å². The summed E-state index contributed by atoms with van der Waals surface area (Å²) in [4.78, 5) is 14.7. The summed E-state index contributed by atoms with van der Waals surface area (Å²) in [5.74, 6) is 2.43. The van der Waals surface area contributed by atoms with Crippen LogP contribution in [0.25, 0.3) is 0 Å². The molecule has 1 saturated heterocycles. The number of nitriles is 1. The lowest BCUT2D eigenvalue weighted by molar-refractivity contribution is -0.117. The minimum absolute atomic E-state index is 0.179. The molecule has 0 radical (unpaired) electrons. The van der Waals surface area contributed by atoms with E-state index in [1.807, 2.05) is 0 Å². The maximum Gasteiger partial charge on any atom is 0.263 e. The van der Waals surface area contributed by atoms with Gasteiger partial charge in [0.05, 0.1) is 13.2 Å². The summed E-state index contributed by atoms with van der Waals surface area (Å²) in [6, 6.07) is 2.38. The number of rotatable bonds is 7. The van der Waals surface area contributed by atoms with Gasteiger partial charge in [-0.05, 0) is 68.6 Å². The summed E-state index contributed by atoms with van der Waals surface area (Å²) in [7, 11) is 0. The van der Waals surface area contributed by atoms with Gasteiger partial charge in [-0.2, -0.15) is 5.26 Å². The van der Waals surface area contributed by atoms with Crippen LogP contribution in [0.5, 0.6) is 0 Å². The summed E-state index contributed by atoms with van der Waals surface area (Å²) in [5.41, 5.74) is 0.539. The van der Waals surface area contributed by atoms with E-state index in [4.69, 9.17) is 4.74 Å². The highest BCUT2D eigenvalue weighted by Crippen LogP contribution is 2.61. The number of hydrogen-bond acceptors (Lipinski definition) is 5. The van der Waals surface area contributed by atoms with Gasteiger partial charge >= 0.3 is 0 Å². The molecule has 0 aromatic rings. The Kier molecular flexibility index (Phi) is 5.93. The van der Waals surface area contributed by atoms with Crippen molar-refractivity contribution in [3.63, 3.8) is 0 Å². The molecule has 0 aromatic heterocycles. The van der Waals surface area contributed by atoms with Crippen LogP contribution < -0.4 is 10.6 Å². The number of morpholine rings is 1. The highest BCUT2D eigenvalue weighted by atomic mass is 16.5. The van der Waals surface area contributed by atoms with E-state index in [0.717, 1.165) is 50.6 Å². The van der Waals surface area contributed by atoms with Crippen molar-refractivity contribution in [3.05, 3.63) is 11.8 Å². The van der Waals surface area contributed by atoms with Crippen LogP contribution in [0.2, 0.25) is 0 Å². The molecule has 28 heavy (non-hydrogen) atoms. The molecule has 4 saturated carbocycles. The maximum atomic E-state index is 12.4. The van der Waals surface area contributed by atoms with Gasteiger partial charge in [-0.3, -0.25) is 9.69 Å². The van der Waals surface area contributed by atoms with Crippen molar-refractivity contribution in [2.45, 2.75) is 51.5 Å². The number of hydrogen-bond donors (Lipinski definition) is 2. The lowest BCUT2D eigenvalue weighted by Crippen LogP contribution is -2.54. The highest BCUT2D eigenvalue weighted by molar-refractivity contribution is 5.97. The SMILES string of the molecule is CC(N/C=C(/C#N)C(=O)NCCN1CCOCC1)C12CC3CC(CC(C3)C1)C2. The standard InChI is InChI=1S/C22H34N4O2/c1-16(22-11-17-8-18(12-22)10-19(9-17)13-22)25-15-20(14-23)21(27)24-2-3-26-4-6-28-7-5-26/h15-19,25H,2-13H2,1H3,(H,24,27)/b20-15-. The predicted octanol–water partition coefficient (Wildman–Crippen LogP) is 2.04. The van der Waals surface area contributed by atoms with E-state index in [0.29, 0.717) is 18.0 Å². The summed E-state index contributed by atoms with van der Waals surface area (Å²) in [6.07, 6.45) is 9.88. The second-order valence-corrected chi connectivity index (χ2v) is 9.55. The summed E-state index contributed by atoms with van der Waals surface area (Å²) in [5, 5.41) is 15.8. The molecule has 5 fully saturated rings. The highest BCUT2D eigenvalue weighted by Gasteiger charge is 2.53. The van der Waals surface area contributed by atoms with Gasteiger partial charge in [-0.25, -0.2) is 0 Å². The average molecular weight is 387 g/mol. The Morgan fingerprint density at radius 1 is 1.21 bits per heavy atom. The Hall–Kier alpha value is -1.58. The third kappa shape index (κ3) is 4.21. The van der Waals surface area contributed by atoms with Gasteiger partial charge in [0.1, 0.15) is 11.6 Å². The zero-order chi connectivity index (χ0) is 19.6. The number of carbonyl (C=O) groups is 1. The Bertz CT molecular complexity index is 612. The van der Waals surface area contributed by atoms with Gasteiger partial charge in [0.25, 0.3) is 5.91 Å². The number of carbonyl (C=O) groups excluding carboxylic acids is 1. The first kappa shape index (κ1) is 19.7. The van der Waals surface area contributed by atoms with Crippen molar-refractivity contribution in [3.8, 4) is 6.07 Å². The average Bonchev–Trinajstić information content (AvgIpc) is 2.68. The van der Waals surface area contributed by atoms with Gasteiger partial charge in [-0.15, -0.1) is 0 Å². The number of amides is 1. The Morgan fingerprint density at radius 2 is 1.82 bits per heavy atom. The lowest BCUT2D eigenvalue weighted by Gasteiger charge is -2.59. The quantitative estimate of drug-likeness (QED) is 0.517. The van der Waals surface area contributed by atoms with Crippen molar-refractivity contribution >= 4 is 5.91 Å². The number of nitrogens with zero attached hydrogens (tertiary/aromatic N) is 2. The van der Waals surface area contributed by atoms with Gasteiger partial charge in [0, 0.05) is 38.4 Å². The molecular formula is C22H34N4O2. The van der Waals surface area contributed by atoms with Crippen LogP contribution in [0.4, 0.5) is 0 Å². The predicted molar refractivity (Wildman–Crippen MR) is 107 cm³/mol. The first-order valence-corrected chi connectivity index (χ1v) is 11.0. The van der Waals surface area contributed by atoms with Gasteiger partial charge in [-0.1, -0.05) is 0 Å². The molecule has 0 spiro atoms. The first-order valence-electron chi connectivity index (χ1n) is 11.0. The maximum absolute atomic E-state index is 12.4. The van der Waals surface area contributed by atoms with Gasteiger partial charge in [0.2, 0.25) is 0 Å². The normalized spacial score (nSPS) is 36.0. The molecular weight excluding hydrogens is 352 g/mol. The van der Waals surface area contributed by atoms with Crippen LogP contribution >= 0.6 is 0 Å². The first-order chi connectivity index (χ1) is 13.6. The minimum atomic E-state index is -0.277. The zero-order valence-electron chi connectivity index (χ0n) is 17.1. The summed E-state index contributed by atoms with van der Waals surface area (Å²) >= 11 is 0. The largest absolute Gasteiger partial charge is 0.387 e. The van der Waals surface area contributed by atoms with Crippen molar-refractivity contribution in [1.29, 1.82) is 5.26 Å². The second kappa shape index (κ2) is 8.42. The van der Waals surface area contributed by atoms with Crippen molar-refractivity contribution in [2.24, 2.45) is 23.2 Å². The van der Waals surface area contributed by atoms with Crippen LogP contribution in [-0.4, -0.2) is 56.2 Å². The molecule has 1 amide bonds. The van der Waals surface area contributed by atoms with Crippen LogP contribution in [-0.2, 0) is 9.53 Å². The Balaban J connectivity index is 1.28. The Morgan fingerprint density at radius 3 is 2.39 bits per heavy atom. The molecule has 0 aromatic carbocycles. The van der Waals surface area contributed by atoms with E-state index in [-0.39, 0.29) is 11.5 Å². The van der Waals surface area contributed by atoms with Crippen LogP contribution in [0.1, 0.15) is 45.4 Å². The number of nitrogens with one attached hydrogen (secondary N) is 2. The van der Waals surface area contributed by atoms with Crippen molar-refractivity contribution < 1.29 is 9.53 Å². The topological polar surface area (TPSA) is 77.4 Å². The van der Waals surface area contributed by atoms with Crippen LogP contribution in [0, 0.1) is 34.5 Å². The van der Waals surface area contributed by atoms with Crippen molar-refractivity contribution in [2.75, 3.05) is 39.4 Å². The van der Waals surface area contributed by atoms with E-state index in [9.17, 15) is 10.1 Å². The van der Waals surface area contributed by atoms with E-state index < -0.39 is 0 Å². The molecule has 5 aliphatic rings. The summed E-state index contributed by atoms with van der Waals surface area (Å²) < 4.78 is 5.34. The molecule has 6 nitrogen and oxygen atoms in total. The molecule has 4 bridgehead atoms. The Labute approximate surface area is 168 Å². The van der Waals surface area contributed by atoms with Gasteiger partial charge < -0.3 is 15.4 Å². The number of ether oxygens (including phenoxy) is 1. The molecule has 2 N–H and O–H groups in total. The fourth-order valence-electron chi connectivity index (χ4n) is 6.49. The van der Waals surface area contributed by atoms with Crippen molar-refractivity contribution in [1.82, 2.24) is 15.5 Å². The van der Waals surface area contributed by atoms with E-state index in [2.05, 4.69) is 28.5 Å². The molecule has 1 aliphatic heterocycles. The molecule has 154 valence electrons. The van der Waals surface area contributed by atoms with E-state index in [1.165, 1.54) is 38.5 Å². The molecule has 1 heterocycles. The van der Waals surface area contributed by atoms with E-state index in [1.54, 1.807) is 6.20 Å². The molecule has 1 atom stereocenters. The third-order valence-corrected chi connectivity index (χ3v) is 7.66. The second-order valence-electron chi connectivity index (χ2n) is 9.55. The fraction of sp³-hybridized carbons (Fsp3) is 0.818. The molecule has 4 aliphatic carbocycles.